The van der Waals surface area contributed by atoms with Crippen molar-refractivity contribution in [3.63, 3.8) is 0 Å². The SMILES string of the molecule is CC(=O)Nc1nc(-c2cccc(NC(=O)c3cc([N+](=O)[O-])ccc3Cl)c2)cs1. The van der Waals surface area contributed by atoms with E-state index in [2.05, 4.69) is 15.6 Å². The van der Waals surface area contributed by atoms with Gasteiger partial charge in [-0.3, -0.25) is 19.7 Å². The summed E-state index contributed by atoms with van der Waals surface area (Å²) in [5, 5.41) is 18.6. The fourth-order valence-corrected chi connectivity index (χ4v) is 3.34. The molecule has 1 aromatic heterocycles. The first-order valence-electron chi connectivity index (χ1n) is 7.92. The van der Waals surface area contributed by atoms with Gasteiger partial charge in [0, 0.05) is 35.7 Å². The third kappa shape index (κ3) is 4.51. The zero-order valence-corrected chi connectivity index (χ0v) is 16.0. The number of aromatic nitrogens is 1. The first-order valence-corrected chi connectivity index (χ1v) is 9.18. The number of halogens is 1. The van der Waals surface area contributed by atoms with Gasteiger partial charge in [-0.2, -0.15) is 0 Å². The Morgan fingerprint density at radius 1 is 1.18 bits per heavy atom. The average Bonchev–Trinajstić information content (AvgIpc) is 3.09. The minimum atomic E-state index is -0.595. The molecule has 0 radical (unpaired) electrons. The number of nitro benzene ring substituents is 1. The van der Waals surface area contributed by atoms with E-state index in [0.29, 0.717) is 16.5 Å². The molecule has 0 unspecified atom stereocenters. The van der Waals surface area contributed by atoms with Gasteiger partial charge in [-0.1, -0.05) is 23.7 Å². The van der Waals surface area contributed by atoms with Crippen molar-refractivity contribution in [3.05, 3.63) is 68.5 Å². The van der Waals surface area contributed by atoms with Gasteiger partial charge in [0.15, 0.2) is 5.13 Å². The number of nitro groups is 1. The van der Waals surface area contributed by atoms with Crippen LogP contribution >= 0.6 is 22.9 Å². The minimum absolute atomic E-state index is 0.00266. The topological polar surface area (TPSA) is 114 Å². The third-order valence-corrected chi connectivity index (χ3v) is 4.70. The van der Waals surface area contributed by atoms with E-state index in [-0.39, 0.29) is 22.2 Å². The van der Waals surface area contributed by atoms with Crippen molar-refractivity contribution in [3.8, 4) is 11.3 Å². The minimum Gasteiger partial charge on any atom is -0.322 e. The molecule has 0 bridgehead atoms. The Labute approximate surface area is 168 Å². The van der Waals surface area contributed by atoms with Crippen molar-refractivity contribution in [1.29, 1.82) is 0 Å². The Balaban J connectivity index is 1.82. The van der Waals surface area contributed by atoms with Crippen molar-refractivity contribution in [1.82, 2.24) is 4.98 Å². The number of rotatable bonds is 5. The monoisotopic (exact) mass is 416 g/mol. The predicted octanol–water partition coefficient (Wildman–Crippen LogP) is 4.58. The van der Waals surface area contributed by atoms with Gasteiger partial charge in [-0.25, -0.2) is 4.98 Å². The first kappa shape index (κ1) is 19.5. The highest BCUT2D eigenvalue weighted by Gasteiger charge is 2.16. The number of amides is 2. The molecule has 0 aliphatic carbocycles. The lowest BCUT2D eigenvalue weighted by molar-refractivity contribution is -0.384. The maximum absolute atomic E-state index is 12.5. The summed E-state index contributed by atoms with van der Waals surface area (Å²) in [6, 6.07) is 10.6. The second kappa shape index (κ2) is 8.15. The molecule has 142 valence electrons. The molecule has 8 nitrogen and oxygen atoms in total. The van der Waals surface area contributed by atoms with Crippen LogP contribution in [0.15, 0.2) is 47.8 Å². The molecule has 3 rings (SSSR count). The fraction of sp³-hybridized carbons (Fsp3) is 0.0556. The molecular weight excluding hydrogens is 404 g/mol. The van der Waals surface area contributed by atoms with E-state index in [1.54, 1.807) is 23.6 Å². The van der Waals surface area contributed by atoms with Gasteiger partial charge in [0.05, 0.1) is 21.2 Å². The Morgan fingerprint density at radius 2 is 1.96 bits per heavy atom. The standard InChI is InChI=1S/C18H13ClN4O4S/c1-10(24)20-18-22-16(9-28-18)11-3-2-4-12(7-11)21-17(25)14-8-13(23(26)27)5-6-15(14)19/h2-9H,1H3,(H,21,25)(H,20,22,24). The number of carbonyl (C=O) groups is 2. The van der Waals surface area contributed by atoms with Gasteiger partial charge >= 0.3 is 0 Å². The van der Waals surface area contributed by atoms with Crippen molar-refractivity contribution in [2.75, 3.05) is 10.6 Å². The summed E-state index contributed by atoms with van der Waals surface area (Å²) in [4.78, 5) is 38.3. The molecule has 0 fully saturated rings. The Morgan fingerprint density at radius 3 is 2.68 bits per heavy atom. The number of hydrogen-bond acceptors (Lipinski definition) is 6. The van der Waals surface area contributed by atoms with E-state index in [9.17, 15) is 19.7 Å². The van der Waals surface area contributed by atoms with Crippen LogP contribution in [-0.2, 0) is 4.79 Å². The molecular formula is C18H13ClN4O4S. The Bertz CT molecular complexity index is 1080. The molecule has 0 saturated carbocycles. The van der Waals surface area contributed by atoms with Crippen LogP contribution in [0.5, 0.6) is 0 Å². The summed E-state index contributed by atoms with van der Waals surface area (Å²) in [5.74, 6) is -0.779. The first-order chi connectivity index (χ1) is 13.3. The quantitative estimate of drug-likeness (QED) is 0.466. The molecule has 0 atom stereocenters. The van der Waals surface area contributed by atoms with Crippen molar-refractivity contribution in [2.24, 2.45) is 0 Å². The van der Waals surface area contributed by atoms with Gasteiger partial charge in [0.1, 0.15) is 0 Å². The molecule has 0 aliphatic rings. The molecule has 2 aromatic carbocycles. The lowest BCUT2D eigenvalue weighted by Crippen LogP contribution is -2.12. The summed E-state index contributed by atoms with van der Waals surface area (Å²) in [7, 11) is 0. The second-order valence-corrected chi connectivity index (χ2v) is 6.94. The zero-order valence-electron chi connectivity index (χ0n) is 14.4. The van der Waals surface area contributed by atoms with Crippen LogP contribution in [0.25, 0.3) is 11.3 Å². The number of non-ortho nitro benzene ring substituents is 1. The maximum atomic E-state index is 12.5. The fourth-order valence-electron chi connectivity index (χ4n) is 2.37. The van der Waals surface area contributed by atoms with E-state index in [1.165, 1.54) is 30.4 Å². The van der Waals surface area contributed by atoms with Crippen molar-refractivity contribution < 1.29 is 14.5 Å². The lowest BCUT2D eigenvalue weighted by atomic mass is 10.1. The van der Waals surface area contributed by atoms with E-state index in [1.807, 2.05) is 6.07 Å². The smallest absolute Gasteiger partial charge is 0.270 e. The van der Waals surface area contributed by atoms with Crippen LogP contribution < -0.4 is 10.6 Å². The summed E-state index contributed by atoms with van der Waals surface area (Å²) in [6.07, 6.45) is 0. The Hall–Kier alpha value is -3.30. The van der Waals surface area contributed by atoms with E-state index in [4.69, 9.17) is 11.6 Å². The highest BCUT2D eigenvalue weighted by atomic mass is 35.5. The largest absolute Gasteiger partial charge is 0.322 e. The molecule has 0 saturated heterocycles. The summed E-state index contributed by atoms with van der Waals surface area (Å²) >= 11 is 7.29. The van der Waals surface area contributed by atoms with Crippen LogP contribution in [0.3, 0.4) is 0 Å². The van der Waals surface area contributed by atoms with Crippen LogP contribution in [-0.4, -0.2) is 21.7 Å². The number of nitrogens with zero attached hydrogens (tertiary/aromatic N) is 2. The molecule has 2 N–H and O–H groups in total. The summed E-state index contributed by atoms with van der Waals surface area (Å²) < 4.78 is 0. The molecule has 2 amide bonds. The molecule has 0 spiro atoms. The van der Waals surface area contributed by atoms with Crippen molar-refractivity contribution in [2.45, 2.75) is 6.92 Å². The van der Waals surface area contributed by atoms with Gasteiger partial charge < -0.3 is 10.6 Å². The van der Waals surface area contributed by atoms with E-state index >= 15 is 0 Å². The van der Waals surface area contributed by atoms with Gasteiger partial charge in [-0.15, -0.1) is 11.3 Å². The summed E-state index contributed by atoms with van der Waals surface area (Å²) in [5.41, 5.74) is 1.62. The molecule has 1 heterocycles. The summed E-state index contributed by atoms with van der Waals surface area (Å²) in [6.45, 7) is 1.40. The van der Waals surface area contributed by atoms with E-state index < -0.39 is 10.8 Å². The maximum Gasteiger partial charge on any atom is 0.270 e. The van der Waals surface area contributed by atoms with E-state index in [0.717, 1.165) is 11.6 Å². The number of thiazole rings is 1. The van der Waals surface area contributed by atoms with Gasteiger partial charge in [0.2, 0.25) is 5.91 Å². The third-order valence-electron chi connectivity index (χ3n) is 3.61. The normalized spacial score (nSPS) is 10.4. The van der Waals surface area contributed by atoms with Crippen LogP contribution in [0.1, 0.15) is 17.3 Å². The molecule has 3 aromatic rings. The predicted molar refractivity (Wildman–Crippen MR) is 108 cm³/mol. The second-order valence-electron chi connectivity index (χ2n) is 5.68. The molecule has 0 aliphatic heterocycles. The highest BCUT2D eigenvalue weighted by molar-refractivity contribution is 7.14. The molecule has 28 heavy (non-hydrogen) atoms. The molecule has 10 heteroatoms. The number of anilines is 2. The highest BCUT2D eigenvalue weighted by Crippen LogP contribution is 2.28. The average molecular weight is 417 g/mol. The Kier molecular flexibility index (Phi) is 5.67. The number of hydrogen-bond donors (Lipinski definition) is 2. The lowest BCUT2D eigenvalue weighted by Gasteiger charge is -2.08. The van der Waals surface area contributed by atoms with Crippen molar-refractivity contribution >= 4 is 51.3 Å². The van der Waals surface area contributed by atoms with Gasteiger partial charge in [0.25, 0.3) is 11.6 Å². The zero-order chi connectivity index (χ0) is 20.3. The van der Waals surface area contributed by atoms with Crippen LogP contribution in [0.2, 0.25) is 5.02 Å². The van der Waals surface area contributed by atoms with Crippen LogP contribution in [0.4, 0.5) is 16.5 Å². The number of benzene rings is 2. The number of carbonyl (C=O) groups excluding carboxylic acids is 2. The number of nitrogens with one attached hydrogen (secondary N) is 2. The van der Waals surface area contributed by atoms with Gasteiger partial charge in [-0.05, 0) is 18.2 Å². The van der Waals surface area contributed by atoms with Crippen LogP contribution in [0, 0.1) is 10.1 Å².